The number of nitro groups is 1. The number of rotatable bonds is 4. The van der Waals surface area contributed by atoms with Crippen molar-refractivity contribution in [3.63, 3.8) is 0 Å². The van der Waals surface area contributed by atoms with Crippen molar-refractivity contribution < 1.29 is 27.6 Å². The number of hydrogen-bond acceptors (Lipinski definition) is 5. The zero-order valence-corrected chi connectivity index (χ0v) is 14.0. The summed E-state index contributed by atoms with van der Waals surface area (Å²) >= 11 is 6.44. The van der Waals surface area contributed by atoms with Crippen LogP contribution < -0.4 is 4.74 Å². The minimum Gasteiger partial charge on any atom is -0.456 e. The van der Waals surface area contributed by atoms with Gasteiger partial charge < -0.3 is 4.74 Å². The topological polar surface area (TPSA) is 69.4 Å². The smallest absolute Gasteiger partial charge is 0.416 e. The van der Waals surface area contributed by atoms with Gasteiger partial charge in [-0.2, -0.15) is 13.2 Å². The first-order chi connectivity index (χ1) is 11.6. The number of ether oxygens (including phenoxy) is 1. The molecule has 0 amide bonds. The minimum absolute atomic E-state index is 0.0534. The maximum Gasteiger partial charge on any atom is 0.416 e. The van der Waals surface area contributed by atoms with Crippen molar-refractivity contribution in [2.75, 3.05) is 0 Å². The second-order valence-corrected chi connectivity index (χ2v) is 6.35. The molecule has 0 aromatic heterocycles. The van der Waals surface area contributed by atoms with Crippen molar-refractivity contribution in [2.45, 2.75) is 18.0 Å². The maximum atomic E-state index is 12.6. The molecule has 2 aromatic carbocycles. The standard InChI is InChI=1S/C15H9ClF3NO4S/c1-8(21)25-14-7-10(3-4-12(14)20(22)23)24-13-5-2-9(6-11(13)16)15(17,18)19/h2-7H,1H3. The van der Waals surface area contributed by atoms with Crippen molar-refractivity contribution in [3.05, 3.63) is 57.1 Å². The second kappa shape index (κ2) is 7.32. The lowest BCUT2D eigenvalue weighted by Crippen LogP contribution is -2.04. The van der Waals surface area contributed by atoms with Gasteiger partial charge in [0, 0.05) is 19.1 Å². The van der Waals surface area contributed by atoms with Gasteiger partial charge >= 0.3 is 6.18 Å². The lowest BCUT2D eigenvalue weighted by Gasteiger charge is -2.11. The average molecular weight is 392 g/mol. The molecule has 0 bridgehead atoms. The van der Waals surface area contributed by atoms with Crippen molar-refractivity contribution >= 4 is 34.2 Å². The molecular formula is C15H9ClF3NO4S. The van der Waals surface area contributed by atoms with Crippen LogP contribution in [0, 0.1) is 10.1 Å². The average Bonchev–Trinajstić information content (AvgIpc) is 2.47. The summed E-state index contributed by atoms with van der Waals surface area (Å²) in [5.74, 6) is 0.0401. The summed E-state index contributed by atoms with van der Waals surface area (Å²) in [7, 11) is 0. The number of carbonyl (C=O) groups excluding carboxylic acids is 1. The third-order valence-corrected chi connectivity index (χ3v) is 4.00. The van der Waals surface area contributed by atoms with Crippen molar-refractivity contribution in [3.8, 4) is 11.5 Å². The first-order valence-electron chi connectivity index (χ1n) is 6.59. The first kappa shape index (κ1) is 19.1. The monoisotopic (exact) mass is 391 g/mol. The first-order valence-corrected chi connectivity index (χ1v) is 7.79. The molecule has 0 radical (unpaired) electrons. The molecule has 0 aliphatic heterocycles. The predicted octanol–water partition coefficient (Wildman–Crippen LogP) is 5.70. The van der Waals surface area contributed by atoms with Crippen LogP contribution in [0.4, 0.5) is 18.9 Å². The van der Waals surface area contributed by atoms with Crippen molar-refractivity contribution in [2.24, 2.45) is 0 Å². The van der Waals surface area contributed by atoms with Crippen LogP contribution in [0.25, 0.3) is 0 Å². The van der Waals surface area contributed by atoms with Crippen LogP contribution in [-0.4, -0.2) is 10.0 Å². The summed E-state index contributed by atoms with van der Waals surface area (Å²) in [6.07, 6.45) is -4.54. The van der Waals surface area contributed by atoms with Gasteiger partial charge in [-0.25, -0.2) is 0 Å². The van der Waals surface area contributed by atoms with Gasteiger partial charge in [0.2, 0.25) is 0 Å². The van der Waals surface area contributed by atoms with Crippen LogP contribution in [0.3, 0.4) is 0 Å². The number of thioether (sulfide) groups is 1. The fourth-order valence-corrected chi connectivity index (χ4v) is 2.78. The highest BCUT2D eigenvalue weighted by molar-refractivity contribution is 8.13. The molecular weight excluding hydrogens is 383 g/mol. The van der Waals surface area contributed by atoms with Crippen LogP contribution in [0.15, 0.2) is 41.3 Å². The Kier molecular flexibility index (Phi) is 5.58. The highest BCUT2D eigenvalue weighted by Crippen LogP contribution is 2.38. The molecule has 0 aliphatic rings. The molecule has 0 N–H and O–H groups in total. The Morgan fingerprint density at radius 1 is 1.24 bits per heavy atom. The molecule has 0 aliphatic carbocycles. The third kappa shape index (κ3) is 4.86. The molecule has 2 rings (SSSR count). The van der Waals surface area contributed by atoms with Crippen LogP contribution >= 0.6 is 23.4 Å². The van der Waals surface area contributed by atoms with E-state index < -0.39 is 16.7 Å². The lowest BCUT2D eigenvalue weighted by atomic mass is 10.2. The lowest BCUT2D eigenvalue weighted by molar-refractivity contribution is -0.387. The van der Waals surface area contributed by atoms with E-state index in [4.69, 9.17) is 16.3 Å². The van der Waals surface area contributed by atoms with E-state index in [1.165, 1.54) is 19.1 Å². The highest BCUT2D eigenvalue weighted by Gasteiger charge is 2.31. The van der Waals surface area contributed by atoms with E-state index in [1.807, 2.05) is 0 Å². The molecule has 0 saturated heterocycles. The third-order valence-electron chi connectivity index (χ3n) is 2.87. The Hall–Kier alpha value is -2.26. The zero-order chi connectivity index (χ0) is 18.8. The molecule has 0 unspecified atom stereocenters. The largest absolute Gasteiger partial charge is 0.456 e. The quantitative estimate of drug-likeness (QED) is 0.380. The maximum absolute atomic E-state index is 12.6. The Morgan fingerprint density at radius 3 is 2.44 bits per heavy atom. The zero-order valence-electron chi connectivity index (χ0n) is 12.5. The van der Waals surface area contributed by atoms with E-state index in [9.17, 15) is 28.1 Å². The molecule has 0 atom stereocenters. The van der Waals surface area contributed by atoms with Gasteiger partial charge in [0.15, 0.2) is 5.12 Å². The summed E-state index contributed by atoms with van der Waals surface area (Å²) in [5, 5.41) is 10.3. The van der Waals surface area contributed by atoms with Crippen LogP contribution in [0.2, 0.25) is 5.02 Å². The molecule has 10 heteroatoms. The van der Waals surface area contributed by atoms with E-state index in [-0.39, 0.29) is 32.2 Å². The molecule has 5 nitrogen and oxygen atoms in total. The molecule has 25 heavy (non-hydrogen) atoms. The summed E-state index contributed by atoms with van der Waals surface area (Å²) in [6, 6.07) is 6.21. The molecule has 132 valence electrons. The van der Waals surface area contributed by atoms with E-state index in [0.717, 1.165) is 18.2 Å². The number of carbonyl (C=O) groups is 1. The number of alkyl halides is 3. The van der Waals surface area contributed by atoms with E-state index in [2.05, 4.69) is 0 Å². The van der Waals surface area contributed by atoms with Gasteiger partial charge in [-0.1, -0.05) is 11.6 Å². The van der Waals surface area contributed by atoms with E-state index >= 15 is 0 Å². The van der Waals surface area contributed by atoms with Gasteiger partial charge in [0.1, 0.15) is 11.5 Å². The SMILES string of the molecule is CC(=O)Sc1cc(Oc2ccc(C(F)(F)F)cc2Cl)ccc1[N+](=O)[O-]. The van der Waals surface area contributed by atoms with Gasteiger partial charge in [-0.15, -0.1) is 0 Å². The molecule has 0 spiro atoms. The summed E-state index contributed by atoms with van der Waals surface area (Å²) in [4.78, 5) is 21.6. The normalized spacial score (nSPS) is 11.2. The molecule has 0 saturated carbocycles. The van der Waals surface area contributed by atoms with E-state index in [1.54, 1.807) is 0 Å². The molecule has 0 heterocycles. The van der Waals surface area contributed by atoms with Gasteiger partial charge in [0.05, 0.1) is 20.4 Å². The summed E-state index contributed by atoms with van der Waals surface area (Å²) in [5.41, 5.74) is -1.22. The number of hydrogen-bond donors (Lipinski definition) is 0. The highest BCUT2D eigenvalue weighted by atomic mass is 35.5. The predicted molar refractivity (Wildman–Crippen MR) is 86.2 cm³/mol. The number of nitro benzene ring substituents is 1. The van der Waals surface area contributed by atoms with Gasteiger partial charge in [-0.3, -0.25) is 14.9 Å². The fourth-order valence-electron chi connectivity index (χ4n) is 1.83. The molecule has 0 fully saturated rings. The minimum atomic E-state index is -4.54. The van der Waals surface area contributed by atoms with Crippen LogP contribution in [-0.2, 0) is 11.0 Å². The van der Waals surface area contributed by atoms with Gasteiger partial charge in [-0.05, 0) is 36.0 Å². The van der Waals surface area contributed by atoms with Crippen molar-refractivity contribution in [1.82, 2.24) is 0 Å². The van der Waals surface area contributed by atoms with Crippen LogP contribution in [0.1, 0.15) is 12.5 Å². The second-order valence-electron chi connectivity index (χ2n) is 4.73. The van der Waals surface area contributed by atoms with E-state index in [0.29, 0.717) is 17.8 Å². The fraction of sp³-hybridized carbons (Fsp3) is 0.133. The Labute approximate surface area is 148 Å². The van der Waals surface area contributed by atoms with Crippen LogP contribution in [0.5, 0.6) is 11.5 Å². The van der Waals surface area contributed by atoms with Gasteiger partial charge in [0.25, 0.3) is 5.69 Å². The summed E-state index contributed by atoms with van der Waals surface area (Å²) in [6.45, 7) is 1.24. The number of nitrogens with zero attached hydrogens (tertiary/aromatic N) is 1. The Balaban J connectivity index is 2.34. The molecule has 2 aromatic rings. The number of halogens is 4. The summed E-state index contributed by atoms with van der Waals surface area (Å²) < 4.78 is 43.3. The van der Waals surface area contributed by atoms with Crippen molar-refractivity contribution in [1.29, 1.82) is 0 Å². The Bertz CT molecular complexity index is 842. The number of benzene rings is 2. The Morgan fingerprint density at radius 2 is 1.92 bits per heavy atom.